The summed E-state index contributed by atoms with van der Waals surface area (Å²) in [5, 5.41) is 13.1. The van der Waals surface area contributed by atoms with Gasteiger partial charge in [0, 0.05) is 10.7 Å². The molecule has 1 aromatic carbocycles. The molecule has 0 saturated carbocycles. The number of hydrogen-bond donors (Lipinski definition) is 1. The smallest absolute Gasteiger partial charge is 0.238 e. The number of nitriles is 1. The van der Waals surface area contributed by atoms with Crippen molar-refractivity contribution < 1.29 is 9.53 Å². The fraction of sp³-hybridized carbons (Fsp3) is 0.350. The molecule has 27 heavy (non-hydrogen) atoms. The number of aryl methyl sites for hydroxylation is 2. The highest BCUT2D eigenvalue weighted by Crippen LogP contribution is 2.33. The average molecular weight is 402 g/mol. The SMILES string of the molecule is CCC(Sc1nc2c(cc1C#N)CCC2)C(=O)Nc1cc(Cl)ccc1OC. The first-order valence-corrected chi connectivity index (χ1v) is 10.1. The minimum Gasteiger partial charge on any atom is -0.495 e. The predicted octanol–water partition coefficient (Wildman–Crippen LogP) is 4.61. The Bertz CT molecular complexity index is 911. The Balaban J connectivity index is 1.81. The normalized spacial score (nSPS) is 13.6. The zero-order chi connectivity index (χ0) is 19.4. The highest BCUT2D eigenvalue weighted by atomic mass is 35.5. The number of pyridine rings is 1. The van der Waals surface area contributed by atoms with E-state index in [1.807, 2.05) is 13.0 Å². The van der Waals surface area contributed by atoms with E-state index in [0.717, 1.165) is 30.5 Å². The van der Waals surface area contributed by atoms with Crippen molar-refractivity contribution in [2.24, 2.45) is 0 Å². The zero-order valence-corrected chi connectivity index (χ0v) is 16.8. The number of aromatic nitrogens is 1. The minimum absolute atomic E-state index is 0.172. The molecular weight excluding hydrogens is 382 g/mol. The quantitative estimate of drug-likeness (QED) is 0.715. The molecule has 0 aliphatic heterocycles. The number of carbonyl (C=O) groups excluding carboxylic acids is 1. The fourth-order valence-electron chi connectivity index (χ4n) is 3.07. The van der Waals surface area contributed by atoms with Crippen molar-refractivity contribution >= 4 is 35.0 Å². The van der Waals surface area contributed by atoms with Gasteiger partial charge >= 0.3 is 0 Å². The van der Waals surface area contributed by atoms with Gasteiger partial charge in [0.15, 0.2) is 0 Å². The lowest BCUT2D eigenvalue weighted by atomic mass is 10.2. The number of ether oxygens (including phenoxy) is 1. The van der Waals surface area contributed by atoms with Crippen LogP contribution in [-0.4, -0.2) is 23.3 Å². The maximum absolute atomic E-state index is 12.8. The average Bonchev–Trinajstić information content (AvgIpc) is 3.12. The van der Waals surface area contributed by atoms with Crippen LogP contribution in [0.15, 0.2) is 29.3 Å². The number of anilines is 1. The maximum atomic E-state index is 12.8. The fourth-order valence-corrected chi connectivity index (χ4v) is 4.24. The molecule has 140 valence electrons. The number of nitrogens with zero attached hydrogens (tertiary/aromatic N) is 2. The summed E-state index contributed by atoms with van der Waals surface area (Å²) in [5.41, 5.74) is 3.25. The number of halogens is 1. The van der Waals surface area contributed by atoms with Gasteiger partial charge in [0.05, 0.1) is 23.6 Å². The second-order valence-electron chi connectivity index (χ2n) is 6.26. The molecule has 1 aliphatic rings. The van der Waals surface area contributed by atoms with Crippen LogP contribution in [0.25, 0.3) is 0 Å². The Morgan fingerprint density at radius 1 is 1.44 bits per heavy atom. The summed E-state index contributed by atoms with van der Waals surface area (Å²) in [6.07, 6.45) is 3.56. The number of methoxy groups -OCH3 is 1. The van der Waals surface area contributed by atoms with Crippen molar-refractivity contribution in [2.45, 2.75) is 42.9 Å². The van der Waals surface area contributed by atoms with Crippen LogP contribution >= 0.6 is 23.4 Å². The molecule has 1 N–H and O–H groups in total. The van der Waals surface area contributed by atoms with E-state index in [-0.39, 0.29) is 11.2 Å². The van der Waals surface area contributed by atoms with E-state index in [2.05, 4.69) is 16.4 Å². The van der Waals surface area contributed by atoms with Crippen LogP contribution in [0, 0.1) is 11.3 Å². The Morgan fingerprint density at radius 3 is 2.96 bits per heavy atom. The number of hydrogen-bond acceptors (Lipinski definition) is 5. The minimum atomic E-state index is -0.382. The maximum Gasteiger partial charge on any atom is 0.238 e. The summed E-state index contributed by atoms with van der Waals surface area (Å²) in [4.78, 5) is 17.5. The van der Waals surface area contributed by atoms with Gasteiger partial charge in [0.25, 0.3) is 0 Å². The molecule has 2 aromatic rings. The largest absolute Gasteiger partial charge is 0.495 e. The number of benzene rings is 1. The molecule has 1 aromatic heterocycles. The molecule has 1 heterocycles. The number of amides is 1. The van der Waals surface area contributed by atoms with E-state index >= 15 is 0 Å². The number of thioether (sulfide) groups is 1. The van der Waals surface area contributed by atoms with Crippen molar-refractivity contribution in [2.75, 3.05) is 12.4 Å². The van der Waals surface area contributed by atoms with Crippen molar-refractivity contribution in [1.29, 1.82) is 5.26 Å². The van der Waals surface area contributed by atoms with Gasteiger partial charge in [-0.25, -0.2) is 4.98 Å². The number of carbonyl (C=O) groups is 1. The summed E-state index contributed by atoms with van der Waals surface area (Å²) < 4.78 is 5.28. The van der Waals surface area contributed by atoms with Crippen molar-refractivity contribution in [3.8, 4) is 11.8 Å². The molecule has 7 heteroatoms. The van der Waals surface area contributed by atoms with Gasteiger partial charge in [0.2, 0.25) is 5.91 Å². The van der Waals surface area contributed by atoms with Gasteiger partial charge in [-0.15, -0.1) is 0 Å². The van der Waals surface area contributed by atoms with Gasteiger partial charge in [-0.05, 0) is 55.5 Å². The highest BCUT2D eigenvalue weighted by Gasteiger charge is 2.24. The Kier molecular flexibility index (Phi) is 6.25. The molecule has 0 fully saturated rings. The third-order valence-corrected chi connectivity index (χ3v) is 6.07. The Morgan fingerprint density at radius 2 is 2.26 bits per heavy atom. The third-order valence-electron chi connectivity index (χ3n) is 4.47. The first-order chi connectivity index (χ1) is 13.0. The van der Waals surface area contributed by atoms with Crippen LogP contribution in [-0.2, 0) is 17.6 Å². The van der Waals surface area contributed by atoms with E-state index in [0.29, 0.717) is 33.5 Å². The highest BCUT2D eigenvalue weighted by molar-refractivity contribution is 8.00. The first-order valence-electron chi connectivity index (χ1n) is 8.79. The molecule has 0 radical (unpaired) electrons. The van der Waals surface area contributed by atoms with Gasteiger partial charge in [0.1, 0.15) is 16.8 Å². The molecule has 0 spiro atoms. The van der Waals surface area contributed by atoms with Gasteiger partial charge in [-0.2, -0.15) is 5.26 Å². The van der Waals surface area contributed by atoms with Crippen LogP contribution in [0.5, 0.6) is 5.75 Å². The predicted molar refractivity (Wildman–Crippen MR) is 108 cm³/mol. The number of rotatable bonds is 6. The molecule has 1 amide bonds. The second-order valence-corrected chi connectivity index (χ2v) is 7.89. The lowest BCUT2D eigenvalue weighted by molar-refractivity contribution is -0.115. The lowest BCUT2D eigenvalue weighted by Crippen LogP contribution is -2.25. The van der Waals surface area contributed by atoms with Crippen molar-refractivity contribution in [1.82, 2.24) is 4.98 Å². The lowest BCUT2D eigenvalue weighted by Gasteiger charge is -2.17. The number of fused-ring (bicyclic) bond motifs is 1. The first kappa shape index (κ1) is 19.5. The van der Waals surface area contributed by atoms with Gasteiger partial charge in [-0.3, -0.25) is 4.79 Å². The molecule has 5 nitrogen and oxygen atoms in total. The van der Waals surface area contributed by atoms with Gasteiger partial charge < -0.3 is 10.1 Å². The summed E-state index contributed by atoms with van der Waals surface area (Å²) in [7, 11) is 1.54. The second kappa shape index (κ2) is 8.64. The number of nitrogens with one attached hydrogen (secondary N) is 1. The summed E-state index contributed by atoms with van der Waals surface area (Å²) >= 11 is 7.37. The van der Waals surface area contributed by atoms with E-state index in [1.54, 1.807) is 25.3 Å². The summed E-state index contributed by atoms with van der Waals surface area (Å²) in [5.74, 6) is 0.371. The standard InChI is InChI=1S/C20H20ClN3O2S/c1-3-18(19(25)23-16-10-14(21)7-8-17(16)26-2)27-20-13(11-22)9-12-5-4-6-15(12)24-20/h7-10,18H,3-6H2,1-2H3,(H,23,25). The van der Waals surface area contributed by atoms with Crippen LogP contribution in [0.2, 0.25) is 5.02 Å². The Labute approximate surface area is 168 Å². The molecule has 1 unspecified atom stereocenters. The Hall–Kier alpha value is -2.23. The topological polar surface area (TPSA) is 75.0 Å². The van der Waals surface area contributed by atoms with Crippen LogP contribution < -0.4 is 10.1 Å². The molecule has 3 rings (SSSR count). The van der Waals surface area contributed by atoms with Crippen molar-refractivity contribution in [3.05, 3.63) is 46.1 Å². The van der Waals surface area contributed by atoms with E-state index < -0.39 is 0 Å². The zero-order valence-electron chi connectivity index (χ0n) is 15.2. The molecule has 0 bridgehead atoms. The van der Waals surface area contributed by atoms with Gasteiger partial charge in [-0.1, -0.05) is 30.3 Å². The van der Waals surface area contributed by atoms with E-state index in [1.165, 1.54) is 11.8 Å². The van der Waals surface area contributed by atoms with Crippen LogP contribution in [0.1, 0.15) is 36.6 Å². The summed E-state index contributed by atoms with van der Waals surface area (Å²) in [6, 6.07) is 9.21. The third kappa shape index (κ3) is 4.37. The summed E-state index contributed by atoms with van der Waals surface area (Å²) in [6.45, 7) is 1.94. The van der Waals surface area contributed by atoms with Crippen LogP contribution in [0.4, 0.5) is 5.69 Å². The van der Waals surface area contributed by atoms with Crippen molar-refractivity contribution in [3.63, 3.8) is 0 Å². The van der Waals surface area contributed by atoms with Crippen LogP contribution in [0.3, 0.4) is 0 Å². The molecule has 0 saturated heterocycles. The monoisotopic (exact) mass is 401 g/mol. The molecule has 1 aliphatic carbocycles. The van der Waals surface area contributed by atoms with E-state index in [4.69, 9.17) is 16.3 Å². The molecule has 1 atom stereocenters. The van der Waals surface area contributed by atoms with E-state index in [9.17, 15) is 10.1 Å². The molecular formula is C20H20ClN3O2S.